The van der Waals surface area contributed by atoms with Crippen LogP contribution >= 0.6 is 0 Å². The van der Waals surface area contributed by atoms with E-state index >= 15 is 4.39 Å². The van der Waals surface area contributed by atoms with Crippen molar-refractivity contribution in [3.05, 3.63) is 71.8 Å². The molecule has 1 aromatic heterocycles. The van der Waals surface area contributed by atoms with Crippen molar-refractivity contribution in [2.24, 2.45) is 5.41 Å². The molecule has 0 atom stereocenters. The van der Waals surface area contributed by atoms with E-state index in [2.05, 4.69) is 15.6 Å². The molecule has 11 heteroatoms. The molecule has 0 spiro atoms. The van der Waals surface area contributed by atoms with Crippen molar-refractivity contribution in [1.82, 2.24) is 10.3 Å². The summed E-state index contributed by atoms with van der Waals surface area (Å²) in [5.41, 5.74) is 0.0305. The van der Waals surface area contributed by atoms with E-state index < -0.39 is 28.9 Å². The predicted molar refractivity (Wildman–Crippen MR) is 145 cm³/mol. The summed E-state index contributed by atoms with van der Waals surface area (Å²) in [6.45, 7) is 2.99. The maximum Gasteiger partial charge on any atom is 0.240 e. The molecular formula is C30H27F2N3O6. The summed E-state index contributed by atoms with van der Waals surface area (Å²) in [7, 11) is 0. The van der Waals surface area contributed by atoms with Crippen LogP contribution in [-0.2, 0) is 9.59 Å². The van der Waals surface area contributed by atoms with Gasteiger partial charge in [-0.1, -0.05) is 0 Å². The Labute approximate surface area is 234 Å². The number of hydrogen-bond acceptors (Lipinski definition) is 7. The average molecular weight is 564 g/mol. The summed E-state index contributed by atoms with van der Waals surface area (Å²) in [5.74, 6) is -0.249. The molecular weight excluding hydrogens is 536 g/mol. The fraction of sp³-hybridized carbons (Fsp3) is 0.300. The molecule has 41 heavy (non-hydrogen) atoms. The van der Waals surface area contributed by atoms with Gasteiger partial charge >= 0.3 is 0 Å². The Morgan fingerprint density at radius 1 is 0.976 bits per heavy atom. The van der Waals surface area contributed by atoms with Crippen molar-refractivity contribution in [3.8, 4) is 23.0 Å². The first-order valence-electron chi connectivity index (χ1n) is 13.4. The van der Waals surface area contributed by atoms with E-state index in [-0.39, 0.29) is 12.2 Å². The molecule has 1 fully saturated rings. The van der Waals surface area contributed by atoms with E-state index in [1.807, 2.05) is 6.92 Å². The SMILES string of the molecule is CCOc1cc2nccc(OC3=C(F)C=C(NC(=O)C4(C(=O)Nc5ccc(F)cc5)CC4)CC3)c2c2c1OCCO2. The highest BCUT2D eigenvalue weighted by atomic mass is 19.1. The number of amides is 2. The molecule has 1 aliphatic heterocycles. The maximum absolute atomic E-state index is 15.3. The number of benzene rings is 2. The van der Waals surface area contributed by atoms with E-state index in [0.717, 1.165) is 0 Å². The van der Waals surface area contributed by atoms with Crippen LogP contribution in [0.4, 0.5) is 14.5 Å². The van der Waals surface area contributed by atoms with Crippen LogP contribution in [0.2, 0.25) is 0 Å². The standard InChI is InChI=1S/C30H27F2N3O6/c1-2-38-24-16-21-25(27-26(24)39-13-14-40-27)23(9-12-33-21)41-22-8-7-19(15-20(22)32)35-29(37)30(10-11-30)28(36)34-18-5-3-17(31)4-6-18/h3-6,9,12,15-16H,2,7-8,10-11,13-14H2,1H3,(H,34,36)(H,35,37). The first kappa shape index (κ1) is 26.5. The minimum Gasteiger partial charge on any atom is -0.490 e. The summed E-state index contributed by atoms with van der Waals surface area (Å²) in [6, 6.07) is 8.65. The lowest BCUT2D eigenvalue weighted by Crippen LogP contribution is -2.39. The molecule has 2 heterocycles. The summed E-state index contributed by atoms with van der Waals surface area (Å²) in [6.07, 6.45) is 3.95. The molecule has 9 nitrogen and oxygen atoms in total. The second-order valence-corrected chi connectivity index (χ2v) is 9.91. The molecule has 0 saturated heterocycles. The van der Waals surface area contributed by atoms with Gasteiger partial charge in [0.25, 0.3) is 0 Å². The second-order valence-electron chi connectivity index (χ2n) is 9.91. The van der Waals surface area contributed by atoms with Crippen LogP contribution in [-0.4, -0.2) is 36.6 Å². The van der Waals surface area contributed by atoms with Crippen molar-refractivity contribution >= 4 is 28.4 Å². The van der Waals surface area contributed by atoms with Gasteiger partial charge in [0, 0.05) is 30.1 Å². The number of nitrogens with zero attached hydrogens (tertiary/aromatic N) is 1. The molecule has 3 aromatic rings. The molecule has 3 aliphatic rings. The third-order valence-corrected chi connectivity index (χ3v) is 7.16. The van der Waals surface area contributed by atoms with Crippen LogP contribution < -0.4 is 29.6 Å². The highest BCUT2D eigenvalue weighted by molar-refractivity contribution is 6.13. The van der Waals surface area contributed by atoms with Gasteiger partial charge in [0.2, 0.25) is 17.6 Å². The number of ether oxygens (including phenoxy) is 4. The highest BCUT2D eigenvalue weighted by Gasteiger charge is 2.56. The van der Waals surface area contributed by atoms with Gasteiger partial charge in [0.1, 0.15) is 36.0 Å². The van der Waals surface area contributed by atoms with Gasteiger partial charge in [-0.2, -0.15) is 0 Å². The van der Waals surface area contributed by atoms with Gasteiger partial charge in [0.15, 0.2) is 17.3 Å². The van der Waals surface area contributed by atoms with Crippen LogP contribution in [0, 0.1) is 11.2 Å². The molecule has 1 saturated carbocycles. The Hall–Kier alpha value is -4.67. The van der Waals surface area contributed by atoms with Gasteiger partial charge in [0.05, 0.1) is 17.5 Å². The Morgan fingerprint density at radius 2 is 1.71 bits per heavy atom. The van der Waals surface area contributed by atoms with E-state index in [0.29, 0.717) is 84.4 Å². The lowest BCUT2D eigenvalue weighted by Gasteiger charge is -2.24. The summed E-state index contributed by atoms with van der Waals surface area (Å²) in [5, 5.41) is 5.91. The number of allylic oxidation sites excluding steroid dienone is 4. The van der Waals surface area contributed by atoms with E-state index in [4.69, 9.17) is 18.9 Å². The van der Waals surface area contributed by atoms with Crippen molar-refractivity contribution in [2.45, 2.75) is 32.6 Å². The van der Waals surface area contributed by atoms with Crippen LogP contribution in [0.15, 0.2) is 66.0 Å². The zero-order valence-corrected chi connectivity index (χ0v) is 22.2. The Bertz CT molecular complexity index is 1600. The van der Waals surface area contributed by atoms with Gasteiger partial charge < -0.3 is 29.6 Å². The number of rotatable bonds is 8. The van der Waals surface area contributed by atoms with Gasteiger partial charge in [-0.25, -0.2) is 8.78 Å². The number of carbonyl (C=O) groups is 2. The third-order valence-electron chi connectivity index (χ3n) is 7.16. The number of aromatic nitrogens is 1. The fourth-order valence-corrected chi connectivity index (χ4v) is 4.86. The van der Waals surface area contributed by atoms with Crippen molar-refractivity contribution in [2.75, 3.05) is 25.1 Å². The number of pyridine rings is 1. The molecule has 0 radical (unpaired) electrons. The molecule has 0 bridgehead atoms. The fourth-order valence-electron chi connectivity index (χ4n) is 4.86. The molecule has 2 N–H and O–H groups in total. The van der Waals surface area contributed by atoms with Crippen molar-refractivity contribution in [3.63, 3.8) is 0 Å². The smallest absolute Gasteiger partial charge is 0.240 e. The van der Waals surface area contributed by atoms with Crippen LogP contribution in [0.3, 0.4) is 0 Å². The number of carbonyl (C=O) groups excluding carboxylic acids is 2. The molecule has 0 unspecified atom stereocenters. The Morgan fingerprint density at radius 3 is 2.41 bits per heavy atom. The normalized spacial score (nSPS) is 17.0. The number of halogens is 2. The van der Waals surface area contributed by atoms with Crippen molar-refractivity contribution in [1.29, 1.82) is 0 Å². The zero-order valence-electron chi connectivity index (χ0n) is 22.2. The van der Waals surface area contributed by atoms with Crippen LogP contribution in [0.5, 0.6) is 23.0 Å². The molecule has 6 rings (SSSR count). The topological polar surface area (TPSA) is 108 Å². The van der Waals surface area contributed by atoms with Gasteiger partial charge in [-0.15, -0.1) is 0 Å². The minimum atomic E-state index is -1.25. The monoisotopic (exact) mass is 563 g/mol. The predicted octanol–water partition coefficient (Wildman–Crippen LogP) is 5.32. The Balaban J connectivity index is 1.20. The van der Waals surface area contributed by atoms with Crippen LogP contribution in [0.25, 0.3) is 10.9 Å². The summed E-state index contributed by atoms with van der Waals surface area (Å²) < 4.78 is 51.9. The van der Waals surface area contributed by atoms with Crippen molar-refractivity contribution < 1.29 is 37.3 Å². The van der Waals surface area contributed by atoms with E-state index in [1.165, 1.54) is 30.3 Å². The third kappa shape index (κ3) is 5.15. The first-order chi connectivity index (χ1) is 19.9. The Kier molecular flexibility index (Phi) is 6.94. The second kappa shape index (κ2) is 10.7. The van der Waals surface area contributed by atoms with Gasteiger partial charge in [-0.3, -0.25) is 14.6 Å². The molecule has 2 aliphatic carbocycles. The zero-order chi connectivity index (χ0) is 28.6. The maximum atomic E-state index is 15.3. The summed E-state index contributed by atoms with van der Waals surface area (Å²) in [4.78, 5) is 30.3. The highest BCUT2D eigenvalue weighted by Crippen LogP contribution is 2.49. The largest absolute Gasteiger partial charge is 0.490 e. The average Bonchev–Trinajstić information content (AvgIpc) is 3.79. The minimum absolute atomic E-state index is 0.0880. The van der Waals surface area contributed by atoms with E-state index in [9.17, 15) is 14.0 Å². The summed E-state index contributed by atoms with van der Waals surface area (Å²) >= 11 is 0. The number of nitrogens with one attached hydrogen (secondary N) is 2. The van der Waals surface area contributed by atoms with Crippen LogP contribution in [0.1, 0.15) is 32.6 Å². The quantitative estimate of drug-likeness (QED) is 0.358. The number of anilines is 1. The van der Waals surface area contributed by atoms with E-state index in [1.54, 1.807) is 18.3 Å². The number of fused-ring (bicyclic) bond motifs is 3. The van der Waals surface area contributed by atoms with Gasteiger partial charge in [-0.05, 0) is 62.6 Å². The number of hydrogen-bond donors (Lipinski definition) is 2. The lowest BCUT2D eigenvalue weighted by molar-refractivity contribution is -0.133. The first-order valence-corrected chi connectivity index (χ1v) is 13.4. The lowest BCUT2D eigenvalue weighted by atomic mass is 10.0. The molecule has 212 valence electrons. The molecule has 2 aromatic carbocycles. The molecule has 2 amide bonds.